The van der Waals surface area contributed by atoms with E-state index >= 15 is 0 Å². The van der Waals surface area contributed by atoms with E-state index in [-0.39, 0.29) is 63.9 Å². The van der Waals surface area contributed by atoms with E-state index in [2.05, 4.69) is 0 Å². The predicted molar refractivity (Wildman–Crippen MR) is 12.7 cm³/mol. The summed E-state index contributed by atoms with van der Waals surface area (Å²) in [5.41, 5.74) is 0. The minimum absolute atomic E-state index is 0. The first-order valence-electron chi connectivity index (χ1n) is 0. The van der Waals surface area contributed by atoms with Crippen molar-refractivity contribution < 1.29 is 24.2 Å². The Hall–Kier alpha value is 1.77. The van der Waals surface area contributed by atoms with Crippen molar-refractivity contribution in [2.75, 3.05) is 0 Å². The second-order valence-electron chi connectivity index (χ2n) is 0. The van der Waals surface area contributed by atoms with Gasteiger partial charge in [-0.05, 0) is 0 Å². The average molecular weight is 327 g/mol. The first-order chi connectivity index (χ1) is 0. The van der Waals surface area contributed by atoms with E-state index in [0.29, 0.717) is 0 Å². The monoisotopic (exact) mass is 326 g/mol. The summed E-state index contributed by atoms with van der Waals surface area (Å²) in [6.07, 6.45) is 0. The molecule has 0 aromatic rings. The molecule has 0 aliphatic heterocycles. The topological polar surface area (TPSA) is 0 Å². The molecule has 0 atom stereocenters. The SMILES string of the molecule is [Cl].[F].[Pb].[Zn]. The van der Waals surface area contributed by atoms with Crippen molar-refractivity contribution in [2.24, 2.45) is 0 Å². The minimum Gasteiger partial charge on any atom is 0 e. The van der Waals surface area contributed by atoms with Gasteiger partial charge in [0, 0.05) is 63.9 Å². The van der Waals surface area contributed by atoms with Crippen LogP contribution in [-0.4, -0.2) is 27.3 Å². The van der Waals surface area contributed by atoms with Crippen LogP contribution in [0.4, 0.5) is 4.70 Å². The molecule has 0 aliphatic rings. The molecule has 0 aromatic heterocycles. The Labute approximate surface area is 63.4 Å². The van der Waals surface area contributed by atoms with Crippen molar-refractivity contribution in [3.63, 3.8) is 0 Å². The summed E-state index contributed by atoms with van der Waals surface area (Å²) in [5.74, 6) is 0. The predicted octanol–water partition coefficient (Wildman–Crippen LogP) is 0.726. The Morgan fingerprint density at radius 3 is 1.00 bits per heavy atom. The van der Waals surface area contributed by atoms with Crippen molar-refractivity contribution in [3.05, 3.63) is 0 Å². The standard InChI is InChI=1S/Cl.F.Pb.Zn. The van der Waals surface area contributed by atoms with Gasteiger partial charge in [-0.1, -0.05) is 0 Å². The smallest absolute Gasteiger partial charge is 0 e. The summed E-state index contributed by atoms with van der Waals surface area (Å²) in [4.78, 5) is 0. The van der Waals surface area contributed by atoms with Gasteiger partial charge in [-0.25, -0.2) is 0 Å². The normalized spacial score (nSPS) is 0. The van der Waals surface area contributed by atoms with Crippen LogP contribution >= 0.6 is 12.4 Å². The largest absolute Gasteiger partial charge is 0 e. The fraction of sp³-hybridized carbons (Fsp3) is 0. The first-order valence-corrected chi connectivity index (χ1v) is 0. The minimum atomic E-state index is 0. The van der Waals surface area contributed by atoms with Gasteiger partial charge in [0.15, 0.2) is 0 Å². The molecule has 0 spiro atoms. The summed E-state index contributed by atoms with van der Waals surface area (Å²) in [6, 6.07) is 0. The molecule has 0 saturated heterocycles. The van der Waals surface area contributed by atoms with Gasteiger partial charge in [0.25, 0.3) is 0 Å². The van der Waals surface area contributed by atoms with Crippen LogP contribution in [0, 0.1) is 0 Å². The zero-order valence-corrected chi connectivity index (χ0v) is 9.57. The maximum atomic E-state index is 0. The second-order valence-corrected chi connectivity index (χ2v) is 0. The van der Waals surface area contributed by atoms with Crippen LogP contribution in [0.2, 0.25) is 0 Å². The number of hydrogen-bond acceptors (Lipinski definition) is 0. The molecule has 0 heterocycles. The van der Waals surface area contributed by atoms with Gasteiger partial charge in [-0.2, -0.15) is 0 Å². The molecule has 0 amide bonds. The van der Waals surface area contributed by atoms with Crippen molar-refractivity contribution in [2.45, 2.75) is 0 Å². The van der Waals surface area contributed by atoms with Crippen LogP contribution in [0.3, 0.4) is 0 Å². The van der Waals surface area contributed by atoms with Crippen LogP contribution in [0.1, 0.15) is 0 Å². The third kappa shape index (κ3) is 9.24. The van der Waals surface area contributed by atoms with Crippen LogP contribution in [0.25, 0.3) is 0 Å². The Bertz CT molecular complexity index is 8.00. The zero-order chi connectivity index (χ0) is 0. The average Bonchev–Trinajstić information content (AvgIpc) is 0. The number of halogens is 2. The van der Waals surface area contributed by atoms with Crippen molar-refractivity contribution in [3.8, 4) is 0 Å². The third-order valence-electron chi connectivity index (χ3n) is 0. The fourth-order valence-electron chi connectivity index (χ4n) is 0. The molecule has 0 fully saturated rings. The number of rotatable bonds is 0. The van der Waals surface area contributed by atoms with Gasteiger partial charge in [-0.15, -0.1) is 0 Å². The van der Waals surface area contributed by atoms with Gasteiger partial charge in [-0.3, -0.25) is 0 Å². The van der Waals surface area contributed by atoms with Crippen LogP contribution in [-0.2, 0) is 19.5 Å². The number of hydrogen-bond donors (Lipinski definition) is 0. The molecular formula is ClFPbZn. The fourth-order valence-corrected chi connectivity index (χ4v) is 0. The molecule has 0 unspecified atom stereocenters. The Kier molecular flexibility index (Phi) is 228. The summed E-state index contributed by atoms with van der Waals surface area (Å²) >= 11 is 0. The summed E-state index contributed by atoms with van der Waals surface area (Å²) in [5, 5.41) is 0. The van der Waals surface area contributed by atoms with Gasteiger partial charge in [0.05, 0.1) is 0 Å². The molecule has 0 nitrogen and oxygen atoms in total. The molecule has 0 aromatic carbocycles. The molecule has 0 bridgehead atoms. The summed E-state index contributed by atoms with van der Waals surface area (Å²) < 4.78 is 0. The van der Waals surface area contributed by atoms with E-state index in [1.165, 1.54) is 0 Å². The van der Waals surface area contributed by atoms with E-state index in [1.807, 2.05) is 0 Å². The molecule has 4 heteroatoms. The molecule has 0 rings (SSSR count). The third-order valence-corrected chi connectivity index (χ3v) is 0. The molecule has 6 radical (unpaired) electrons. The van der Waals surface area contributed by atoms with Gasteiger partial charge in [0.1, 0.15) is 0 Å². The van der Waals surface area contributed by atoms with Crippen molar-refractivity contribution in [1.82, 2.24) is 0 Å². The zero-order valence-electron chi connectivity index (χ0n) is 1.96. The molecule has 0 aliphatic carbocycles. The molecule has 4 heavy (non-hydrogen) atoms. The maximum Gasteiger partial charge on any atom is 0 e. The van der Waals surface area contributed by atoms with Crippen LogP contribution < -0.4 is 0 Å². The van der Waals surface area contributed by atoms with Crippen molar-refractivity contribution >= 4 is 39.7 Å². The summed E-state index contributed by atoms with van der Waals surface area (Å²) in [7, 11) is 0. The Balaban J connectivity index is 0. The molecule has 0 saturated carbocycles. The molecule has 0 N–H and O–H groups in total. The van der Waals surface area contributed by atoms with Crippen LogP contribution in [0.15, 0.2) is 0 Å². The molecular weight excluding hydrogens is 327 g/mol. The van der Waals surface area contributed by atoms with Crippen LogP contribution in [0.5, 0.6) is 0 Å². The quantitative estimate of drug-likeness (QED) is 0.576. The van der Waals surface area contributed by atoms with Crippen molar-refractivity contribution in [1.29, 1.82) is 0 Å². The molecule has 20 valence electrons. The Morgan fingerprint density at radius 1 is 1.00 bits per heavy atom. The maximum absolute atomic E-state index is 0. The van der Waals surface area contributed by atoms with E-state index in [1.54, 1.807) is 0 Å². The van der Waals surface area contributed by atoms with E-state index in [0.717, 1.165) is 0 Å². The summed E-state index contributed by atoms with van der Waals surface area (Å²) in [6.45, 7) is 0. The van der Waals surface area contributed by atoms with Gasteiger partial charge < -0.3 is 0 Å². The second kappa shape index (κ2) is 21.7. The van der Waals surface area contributed by atoms with E-state index < -0.39 is 0 Å². The first kappa shape index (κ1) is 42.0. The van der Waals surface area contributed by atoms with Gasteiger partial charge >= 0.3 is 0 Å². The Morgan fingerprint density at radius 2 is 1.00 bits per heavy atom. The van der Waals surface area contributed by atoms with E-state index in [4.69, 9.17) is 0 Å². The van der Waals surface area contributed by atoms with Gasteiger partial charge in [0.2, 0.25) is 0 Å². The van der Waals surface area contributed by atoms with E-state index in [9.17, 15) is 0 Å².